The normalized spacial score (nSPS) is 36.2. The Morgan fingerprint density at radius 1 is 1.47 bits per heavy atom. The van der Waals surface area contributed by atoms with Crippen LogP contribution >= 0.6 is 0 Å². The third-order valence-corrected chi connectivity index (χ3v) is 4.93. The van der Waals surface area contributed by atoms with E-state index in [-0.39, 0.29) is 30.0 Å². The van der Waals surface area contributed by atoms with E-state index in [0.717, 1.165) is 25.9 Å². The molecule has 0 aromatic carbocycles. The summed E-state index contributed by atoms with van der Waals surface area (Å²) in [5, 5.41) is 11.7. The van der Waals surface area contributed by atoms with Crippen LogP contribution in [0.1, 0.15) is 39.5 Å². The van der Waals surface area contributed by atoms with E-state index in [2.05, 4.69) is 5.32 Å². The molecule has 19 heavy (non-hydrogen) atoms. The first-order valence-corrected chi connectivity index (χ1v) is 7.26. The van der Waals surface area contributed by atoms with Crippen molar-refractivity contribution in [2.75, 3.05) is 19.8 Å². The summed E-state index contributed by atoms with van der Waals surface area (Å²) in [5.74, 6) is 0.0660. The minimum atomic E-state index is -0.822. The van der Waals surface area contributed by atoms with Crippen molar-refractivity contribution in [2.45, 2.75) is 51.2 Å². The monoisotopic (exact) mass is 270 g/mol. The van der Waals surface area contributed by atoms with Crippen LogP contribution in [0.25, 0.3) is 0 Å². The van der Waals surface area contributed by atoms with Gasteiger partial charge in [-0.05, 0) is 25.7 Å². The highest BCUT2D eigenvalue weighted by atomic mass is 16.5. The zero-order valence-electron chi connectivity index (χ0n) is 11.9. The Balaban J connectivity index is 1.98. The van der Waals surface area contributed by atoms with E-state index in [0.29, 0.717) is 13.0 Å². The Bertz CT molecular complexity index is 346. The fourth-order valence-electron chi connectivity index (χ4n) is 3.62. The molecule has 1 aliphatic heterocycles. The van der Waals surface area contributed by atoms with E-state index in [4.69, 9.17) is 15.6 Å². The van der Waals surface area contributed by atoms with Crippen LogP contribution in [0.15, 0.2) is 0 Å². The largest absolute Gasteiger partial charge is 0.396 e. The van der Waals surface area contributed by atoms with Crippen molar-refractivity contribution in [2.24, 2.45) is 17.1 Å². The van der Waals surface area contributed by atoms with Gasteiger partial charge >= 0.3 is 0 Å². The molecule has 1 saturated heterocycles. The quantitative estimate of drug-likeness (QED) is 0.632. The minimum absolute atomic E-state index is 0.0674. The van der Waals surface area contributed by atoms with Crippen LogP contribution in [0.5, 0.6) is 0 Å². The summed E-state index contributed by atoms with van der Waals surface area (Å²) in [6.07, 6.45) is 3.54. The maximum Gasteiger partial charge on any atom is 0.241 e. The van der Waals surface area contributed by atoms with E-state index < -0.39 is 5.54 Å². The number of hydrogen-bond donors (Lipinski definition) is 3. The van der Waals surface area contributed by atoms with Gasteiger partial charge in [0.25, 0.3) is 0 Å². The SMILES string of the molecule is CC1(C)C2OCCCC2C1(N)C(=O)NCCCCO. The van der Waals surface area contributed by atoms with E-state index in [1.165, 1.54) is 0 Å². The van der Waals surface area contributed by atoms with E-state index >= 15 is 0 Å². The second-order valence-corrected chi connectivity index (χ2v) is 6.32. The molecule has 5 nitrogen and oxygen atoms in total. The maximum atomic E-state index is 12.4. The molecule has 0 spiro atoms. The van der Waals surface area contributed by atoms with Crippen molar-refractivity contribution in [3.05, 3.63) is 0 Å². The molecule has 110 valence electrons. The summed E-state index contributed by atoms with van der Waals surface area (Å²) in [5.41, 5.74) is 5.31. The van der Waals surface area contributed by atoms with Crippen LogP contribution in [0.4, 0.5) is 0 Å². The number of fused-ring (bicyclic) bond motifs is 1. The summed E-state index contributed by atoms with van der Waals surface area (Å²) < 4.78 is 5.79. The second kappa shape index (κ2) is 5.38. The first kappa shape index (κ1) is 14.8. The van der Waals surface area contributed by atoms with Crippen molar-refractivity contribution in [3.63, 3.8) is 0 Å². The molecule has 3 unspecified atom stereocenters. The number of unbranched alkanes of at least 4 members (excludes halogenated alkanes) is 1. The van der Waals surface area contributed by atoms with Gasteiger partial charge in [-0.15, -0.1) is 0 Å². The van der Waals surface area contributed by atoms with Gasteiger partial charge < -0.3 is 20.9 Å². The first-order valence-electron chi connectivity index (χ1n) is 7.26. The number of aliphatic hydroxyl groups excluding tert-OH is 1. The summed E-state index contributed by atoms with van der Waals surface area (Å²) in [6, 6.07) is 0. The van der Waals surface area contributed by atoms with Crippen molar-refractivity contribution in [3.8, 4) is 0 Å². The van der Waals surface area contributed by atoms with Crippen LogP contribution in [-0.4, -0.2) is 42.4 Å². The molecule has 2 aliphatic rings. The standard InChI is InChI=1S/C14H26N2O3/c1-13(2)11-10(6-5-9-19-11)14(13,15)12(18)16-7-3-4-8-17/h10-11,17H,3-9,15H2,1-2H3,(H,16,18). The Hall–Kier alpha value is -0.650. The lowest BCUT2D eigenvalue weighted by Crippen LogP contribution is -2.82. The molecule has 1 saturated carbocycles. The van der Waals surface area contributed by atoms with Crippen molar-refractivity contribution in [1.29, 1.82) is 0 Å². The number of carbonyl (C=O) groups is 1. The first-order chi connectivity index (χ1) is 8.96. The summed E-state index contributed by atoms with van der Waals surface area (Å²) in [6.45, 7) is 5.55. The molecule has 0 bridgehead atoms. The molecule has 4 N–H and O–H groups in total. The van der Waals surface area contributed by atoms with Gasteiger partial charge in [0, 0.05) is 31.1 Å². The van der Waals surface area contributed by atoms with Crippen molar-refractivity contribution >= 4 is 5.91 Å². The van der Waals surface area contributed by atoms with E-state index in [1.54, 1.807) is 0 Å². The molecule has 3 atom stereocenters. The predicted molar refractivity (Wildman–Crippen MR) is 72.5 cm³/mol. The predicted octanol–water partition coefficient (Wildman–Crippen LogP) is 0.408. The van der Waals surface area contributed by atoms with Gasteiger partial charge in [0.1, 0.15) is 5.54 Å². The van der Waals surface area contributed by atoms with Crippen molar-refractivity contribution in [1.82, 2.24) is 5.32 Å². The van der Waals surface area contributed by atoms with E-state index in [1.807, 2.05) is 13.8 Å². The van der Waals surface area contributed by atoms with Crippen LogP contribution in [0, 0.1) is 11.3 Å². The molecule has 1 aliphatic carbocycles. The smallest absolute Gasteiger partial charge is 0.241 e. The van der Waals surface area contributed by atoms with Gasteiger partial charge in [-0.2, -0.15) is 0 Å². The Morgan fingerprint density at radius 2 is 2.21 bits per heavy atom. The van der Waals surface area contributed by atoms with Crippen LogP contribution < -0.4 is 11.1 Å². The van der Waals surface area contributed by atoms with Crippen LogP contribution in [0.3, 0.4) is 0 Å². The average molecular weight is 270 g/mol. The number of nitrogens with one attached hydrogen (secondary N) is 1. The minimum Gasteiger partial charge on any atom is -0.396 e. The molecule has 0 aromatic rings. The average Bonchev–Trinajstić information content (AvgIpc) is 2.42. The molecule has 1 heterocycles. The zero-order chi connectivity index (χ0) is 14.1. The molecular weight excluding hydrogens is 244 g/mol. The Labute approximate surface area is 114 Å². The number of hydrogen-bond acceptors (Lipinski definition) is 4. The number of rotatable bonds is 5. The van der Waals surface area contributed by atoms with Crippen LogP contribution in [-0.2, 0) is 9.53 Å². The zero-order valence-corrected chi connectivity index (χ0v) is 11.9. The maximum absolute atomic E-state index is 12.4. The highest BCUT2D eigenvalue weighted by molar-refractivity contribution is 5.89. The molecule has 2 fully saturated rings. The molecule has 5 heteroatoms. The summed E-state index contributed by atoms with van der Waals surface area (Å²) in [4.78, 5) is 12.4. The molecular formula is C14H26N2O3. The fraction of sp³-hybridized carbons (Fsp3) is 0.929. The highest BCUT2D eigenvalue weighted by Crippen LogP contribution is 2.57. The third-order valence-electron chi connectivity index (χ3n) is 4.93. The third kappa shape index (κ3) is 2.18. The van der Waals surface area contributed by atoms with Gasteiger partial charge in [-0.25, -0.2) is 0 Å². The number of ether oxygens (including phenoxy) is 1. The number of nitrogens with two attached hydrogens (primary N) is 1. The molecule has 0 radical (unpaired) electrons. The lowest BCUT2D eigenvalue weighted by molar-refractivity contribution is -0.225. The van der Waals surface area contributed by atoms with Gasteiger partial charge in [-0.1, -0.05) is 13.8 Å². The topological polar surface area (TPSA) is 84.6 Å². The summed E-state index contributed by atoms with van der Waals surface area (Å²) >= 11 is 0. The van der Waals surface area contributed by atoms with Gasteiger partial charge in [-0.3, -0.25) is 4.79 Å². The fourth-order valence-corrected chi connectivity index (χ4v) is 3.62. The summed E-state index contributed by atoms with van der Waals surface area (Å²) in [7, 11) is 0. The number of carbonyl (C=O) groups excluding carboxylic acids is 1. The molecule has 1 amide bonds. The van der Waals surface area contributed by atoms with Gasteiger partial charge in [0.15, 0.2) is 0 Å². The van der Waals surface area contributed by atoms with Crippen LogP contribution in [0.2, 0.25) is 0 Å². The number of amides is 1. The molecule has 0 aromatic heterocycles. The van der Waals surface area contributed by atoms with Gasteiger partial charge in [0.05, 0.1) is 6.10 Å². The van der Waals surface area contributed by atoms with Crippen molar-refractivity contribution < 1.29 is 14.6 Å². The molecule has 2 rings (SSSR count). The lowest BCUT2D eigenvalue weighted by Gasteiger charge is -2.65. The lowest BCUT2D eigenvalue weighted by atomic mass is 9.46. The van der Waals surface area contributed by atoms with E-state index in [9.17, 15) is 4.79 Å². The number of aliphatic hydroxyl groups is 1. The Kier molecular flexibility index (Phi) is 4.18. The Morgan fingerprint density at radius 3 is 2.89 bits per heavy atom. The van der Waals surface area contributed by atoms with Gasteiger partial charge in [0.2, 0.25) is 5.91 Å². The second-order valence-electron chi connectivity index (χ2n) is 6.32. The highest BCUT2D eigenvalue weighted by Gasteiger charge is 2.70.